The highest BCUT2D eigenvalue weighted by Gasteiger charge is 2.28. The molecular formula is C45H52N6O4. The quantitative estimate of drug-likeness (QED) is 0.116. The minimum atomic E-state index is -0.664. The summed E-state index contributed by atoms with van der Waals surface area (Å²) in [5, 5.41) is 14.7. The molecule has 0 radical (unpaired) electrons. The molecule has 55 heavy (non-hydrogen) atoms. The van der Waals surface area contributed by atoms with Crippen molar-refractivity contribution in [1.29, 1.82) is 0 Å². The molecule has 0 aliphatic carbocycles. The second-order valence-corrected chi connectivity index (χ2v) is 15.1. The van der Waals surface area contributed by atoms with Crippen LogP contribution in [0.3, 0.4) is 0 Å². The summed E-state index contributed by atoms with van der Waals surface area (Å²) in [6, 6.07) is 30.3. The first-order valence-corrected chi connectivity index (χ1v) is 19.8. The van der Waals surface area contributed by atoms with Crippen LogP contribution in [-0.4, -0.2) is 84.6 Å². The number of allylic oxidation sites excluding steroid dienone is 1. The Labute approximate surface area is 324 Å². The number of phenols is 1. The van der Waals surface area contributed by atoms with Crippen molar-refractivity contribution in [3.05, 3.63) is 119 Å². The van der Waals surface area contributed by atoms with E-state index < -0.39 is 11.9 Å². The molecule has 10 nitrogen and oxygen atoms in total. The molecule has 286 valence electrons. The van der Waals surface area contributed by atoms with E-state index in [0.717, 1.165) is 76.0 Å². The molecule has 4 aromatic rings. The highest BCUT2D eigenvalue weighted by molar-refractivity contribution is 6.01. The molecule has 4 heterocycles. The fourth-order valence-corrected chi connectivity index (χ4v) is 7.93. The summed E-state index contributed by atoms with van der Waals surface area (Å²) in [5.41, 5.74) is 7.12. The standard InChI is InChI=1S/C45H52N6O4/c52-40-14-9-33(10-15-40)6-11-38(37-4-2-1-3-5-37)30-35-7-12-39(13-8-35)50-24-20-34(21-25-50)19-23-49-26-28-51(29-27-49)42-31-36(18-22-46-42)32-44(54)47-41-16-17-43(53)48-45(41)55/h1-5,7-10,12-15,18,22,30-31,34,41,52H,6,11,16-17,19-21,23-29,32H2,(H,47,54)(H,48,53,55)/b38-30+. The monoisotopic (exact) mass is 740 g/mol. The zero-order chi connectivity index (χ0) is 38.0. The number of piperazine rings is 1. The van der Waals surface area contributed by atoms with E-state index in [2.05, 4.69) is 91.0 Å². The topological polar surface area (TPSA) is 118 Å². The highest BCUT2D eigenvalue weighted by Crippen LogP contribution is 2.29. The van der Waals surface area contributed by atoms with Gasteiger partial charge in [0.2, 0.25) is 17.7 Å². The van der Waals surface area contributed by atoms with E-state index in [9.17, 15) is 19.5 Å². The first kappa shape index (κ1) is 37.8. The van der Waals surface area contributed by atoms with Gasteiger partial charge in [-0.1, -0.05) is 60.7 Å². The Morgan fingerprint density at radius 3 is 2.31 bits per heavy atom. The van der Waals surface area contributed by atoms with E-state index in [1.807, 2.05) is 24.3 Å². The third-order valence-corrected chi connectivity index (χ3v) is 11.3. The summed E-state index contributed by atoms with van der Waals surface area (Å²) in [5.74, 6) is 0.950. The Balaban J connectivity index is 0.836. The number of aromatic hydroxyl groups is 1. The van der Waals surface area contributed by atoms with Crippen molar-refractivity contribution in [3.63, 3.8) is 0 Å². The van der Waals surface area contributed by atoms with Crippen LogP contribution in [-0.2, 0) is 27.2 Å². The fourth-order valence-electron chi connectivity index (χ4n) is 7.93. The maximum atomic E-state index is 12.7. The van der Waals surface area contributed by atoms with Gasteiger partial charge in [-0.3, -0.25) is 24.6 Å². The zero-order valence-corrected chi connectivity index (χ0v) is 31.5. The van der Waals surface area contributed by atoms with Crippen LogP contribution in [0.25, 0.3) is 11.6 Å². The second kappa shape index (κ2) is 18.2. The minimum Gasteiger partial charge on any atom is -0.508 e. The van der Waals surface area contributed by atoms with Gasteiger partial charge in [0.15, 0.2) is 0 Å². The van der Waals surface area contributed by atoms with Gasteiger partial charge >= 0.3 is 0 Å². The third kappa shape index (κ3) is 10.6. The number of aromatic nitrogens is 1. The molecule has 3 aliphatic heterocycles. The number of piperidine rings is 2. The van der Waals surface area contributed by atoms with Crippen molar-refractivity contribution < 1.29 is 19.5 Å². The van der Waals surface area contributed by atoms with Crippen LogP contribution in [0, 0.1) is 5.92 Å². The molecule has 3 fully saturated rings. The first-order chi connectivity index (χ1) is 26.8. The molecule has 1 atom stereocenters. The number of amides is 3. The lowest BCUT2D eigenvalue weighted by atomic mass is 9.92. The Bertz CT molecular complexity index is 1930. The molecule has 0 saturated carbocycles. The van der Waals surface area contributed by atoms with Gasteiger partial charge < -0.3 is 20.2 Å². The molecule has 10 heteroatoms. The summed E-state index contributed by atoms with van der Waals surface area (Å²) >= 11 is 0. The van der Waals surface area contributed by atoms with Gasteiger partial charge in [-0.15, -0.1) is 0 Å². The smallest absolute Gasteiger partial charge is 0.249 e. The van der Waals surface area contributed by atoms with Crippen molar-refractivity contribution >= 4 is 40.9 Å². The number of carbonyl (C=O) groups is 3. The van der Waals surface area contributed by atoms with Crippen LogP contribution in [0.4, 0.5) is 11.5 Å². The number of benzene rings is 3. The molecule has 3 N–H and O–H groups in total. The number of phenolic OH excluding ortho intramolecular Hbond substituents is 1. The number of nitrogens with zero attached hydrogens (tertiary/aromatic N) is 4. The number of hydrogen-bond donors (Lipinski definition) is 3. The van der Waals surface area contributed by atoms with Crippen molar-refractivity contribution in [2.75, 3.05) is 55.6 Å². The number of carbonyl (C=O) groups excluding carboxylic acids is 3. The second-order valence-electron chi connectivity index (χ2n) is 15.1. The van der Waals surface area contributed by atoms with Crippen LogP contribution in [0.5, 0.6) is 5.75 Å². The van der Waals surface area contributed by atoms with Gasteiger partial charge in [-0.25, -0.2) is 4.98 Å². The van der Waals surface area contributed by atoms with Crippen molar-refractivity contribution in [3.8, 4) is 5.75 Å². The van der Waals surface area contributed by atoms with Gasteiger partial charge in [0, 0.05) is 57.6 Å². The lowest BCUT2D eigenvalue weighted by Crippen LogP contribution is -2.52. The van der Waals surface area contributed by atoms with Crippen LogP contribution in [0.2, 0.25) is 0 Å². The summed E-state index contributed by atoms with van der Waals surface area (Å²) < 4.78 is 0. The van der Waals surface area contributed by atoms with E-state index in [1.165, 1.54) is 47.2 Å². The number of nitrogens with one attached hydrogen (secondary N) is 2. The van der Waals surface area contributed by atoms with E-state index in [0.29, 0.717) is 12.2 Å². The molecule has 1 unspecified atom stereocenters. The molecule has 1 aromatic heterocycles. The van der Waals surface area contributed by atoms with Crippen molar-refractivity contribution in [2.24, 2.45) is 5.92 Å². The average Bonchev–Trinajstić information content (AvgIpc) is 3.21. The lowest BCUT2D eigenvalue weighted by molar-refractivity contribution is -0.137. The van der Waals surface area contributed by atoms with Crippen LogP contribution < -0.4 is 20.4 Å². The maximum absolute atomic E-state index is 12.7. The van der Waals surface area contributed by atoms with Gasteiger partial charge in [0.1, 0.15) is 17.6 Å². The Morgan fingerprint density at radius 2 is 1.58 bits per heavy atom. The highest BCUT2D eigenvalue weighted by atomic mass is 16.3. The Morgan fingerprint density at radius 1 is 0.836 bits per heavy atom. The molecule has 3 saturated heterocycles. The summed E-state index contributed by atoms with van der Waals surface area (Å²) in [6.45, 7) is 7.06. The lowest BCUT2D eigenvalue weighted by Gasteiger charge is -2.37. The van der Waals surface area contributed by atoms with E-state index in [4.69, 9.17) is 0 Å². The zero-order valence-electron chi connectivity index (χ0n) is 31.5. The number of anilines is 2. The first-order valence-electron chi connectivity index (χ1n) is 19.8. The molecule has 3 aromatic carbocycles. The van der Waals surface area contributed by atoms with Crippen LogP contribution in [0.15, 0.2) is 97.2 Å². The SMILES string of the molecule is O=C1CCC(NC(=O)Cc2ccnc(N3CCN(CCC4CCN(c5ccc(/C=C(\CCc6ccc(O)cc6)c6ccccc6)cc5)CC4)CC3)c2)C(=O)N1. The van der Waals surface area contributed by atoms with Gasteiger partial charge in [-0.2, -0.15) is 0 Å². The van der Waals surface area contributed by atoms with Crippen LogP contribution in [0.1, 0.15) is 60.8 Å². The number of hydrogen-bond acceptors (Lipinski definition) is 8. The van der Waals surface area contributed by atoms with E-state index >= 15 is 0 Å². The number of aryl methyl sites for hydroxylation is 1. The van der Waals surface area contributed by atoms with Crippen LogP contribution >= 0.6 is 0 Å². The number of pyridine rings is 1. The number of imide groups is 1. The minimum absolute atomic E-state index is 0.161. The van der Waals surface area contributed by atoms with Gasteiger partial charge in [-0.05, 0) is 115 Å². The normalized spacial score (nSPS) is 18.6. The predicted octanol–water partition coefficient (Wildman–Crippen LogP) is 5.85. The summed E-state index contributed by atoms with van der Waals surface area (Å²) in [6.07, 6.45) is 10.3. The van der Waals surface area contributed by atoms with Gasteiger partial charge in [0.05, 0.1) is 6.42 Å². The van der Waals surface area contributed by atoms with Gasteiger partial charge in [0.25, 0.3) is 0 Å². The largest absolute Gasteiger partial charge is 0.508 e. The molecule has 3 amide bonds. The van der Waals surface area contributed by atoms with Crippen molar-refractivity contribution in [1.82, 2.24) is 20.5 Å². The van der Waals surface area contributed by atoms with E-state index in [-0.39, 0.29) is 24.7 Å². The number of rotatable bonds is 13. The average molecular weight is 741 g/mol. The summed E-state index contributed by atoms with van der Waals surface area (Å²) in [4.78, 5) is 48.1. The third-order valence-electron chi connectivity index (χ3n) is 11.3. The Kier molecular flexibility index (Phi) is 12.5. The molecule has 0 spiro atoms. The molecule has 3 aliphatic rings. The fraction of sp³-hybridized carbons (Fsp3) is 0.378. The Hall–Kier alpha value is -5.48. The molecular weight excluding hydrogens is 689 g/mol. The van der Waals surface area contributed by atoms with E-state index in [1.54, 1.807) is 18.3 Å². The molecule has 7 rings (SSSR count). The maximum Gasteiger partial charge on any atom is 0.249 e. The molecule has 0 bridgehead atoms. The predicted molar refractivity (Wildman–Crippen MR) is 218 cm³/mol. The summed E-state index contributed by atoms with van der Waals surface area (Å²) in [7, 11) is 0. The van der Waals surface area contributed by atoms with Crippen molar-refractivity contribution in [2.45, 2.75) is 57.4 Å².